The zero-order chi connectivity index (χ0) is 26.5. The zero-order valence-corrected chi connectivity index (χ0v) is 21.0. The van der Waals surface area contributed by atoms with Crippen LogP contribution in [0, 0.1) is 5.92 Å². The van der Waals surface area contributed by atoms with Gasteiger partial charge >= 0.3 is 19.4 Å². The fourth-order valence-corrected chi connectivity index (χ4v) is 5.17. The van der Waals surface area contributed by atoms with Crippen molar-refractivity contribution in [2.75, 3.05) is 13.7 Å². The first-order valence-corrected chi connectivity index (χ1v) is 12.8. The predicted molar refractivity (Wildman–Crippen MR) is 128 cm³/mol. The standard InChI is InChI=1S/C22H31N4O9P/c1-13(2)11-15(21(29)32-3)25-36(31,35-14-7-5-4-6-8-14)33-12-16-18(23)19(28)20(34-16)26-10-9-17(27)24-22(26)30/h4-10,13,15-16,18-20,28H,11-12,23H2,1-3H3,(H,25,31)(H,24,27,30)/t15?,16-,18-,19-,20-,36?/m1/s1. The summed E-state index contributed by atoms with van der Waals surface area (Å²) in [4.78, 5) is 37.9. The van der Waals surface area contributed by atoms with Gasteiger partial charge < -0.3 is 24.8 Å². The molecule has 1 fully saturated rings. The van der Waals surface area contributed by atoms with E-state index in [-0.39, 0.29) is 18.1 Å². The maximum atomic E-state index is 13.8. The van der Waals surface area contributed by atoms with Crippen molar-refractivity contribution < 1.29 is 33.0 Å². The average Bonchev–Trinajstić information content (AvgIpc) is 3.11. The molecule has 2 aromatic rings. The molecule has 0 radical (unpaired) electrons. The number of methoxy groups -OCH3 is 1. The maximum Gasteiger partial charge on any atom is 0.459 e. The first kappa shape index (κ1) is 27.8. The summed E-state index contributed by atoms with van der Waals surface area (Å²) in [5.74, 6) is -0.383. The molecule has 0 saturated carbocycles. The lowest BCUT2D eigenvalue weighted by molar-refractivity contribution is -0.143. The second kappa shape index (κ2) is 12.0. The molecule has 2 heterocycles. The Hall–Kier alpha value is -2.80. The third-order valence-corrected chi connectivity index (χ3v) is 7.01. The minimum Gasteiger partial charge on any atom is -0.468 e. The van der Waals surface area contributed by atoms with Crippen molar-refractivity contribution in [1.82, 2.24) is 14.6 Å². The molecule has 1 aliphatic heterocycles. The van der Waals surface area contributed by atoms with Crippen molar-refractivity contribution in [2.45, 2.75) is 50.8 Å². The lowest BCUT2D eigenvalue weighted by Crippen LogP contribution is -2.43. The molecule has 14 heteroatoms. The zero-order valence-electron chi connectivity index (χ0n) is 20.1. The van der Waals surface area contributed by atoms with Crippen LogP contribution >= 0.6 is 7.75 Å². The van der Waals surface area contributed by atoms with E-state index in [0.717, 1.165) is 10.6 Å². The number of H-pyrrole nitrogens is 1. The van der Waals surface area contributed by atoms with Gasteiger partial charge in [-0.3, -0.25) is 23.7 Å². The lowest BCUT2D eigenvalue weighted by atomic mass is 10.1. The third-order valence-electron chi connectivity index (χ3n) is 5.44. The van der Waals surface area contributed by atoms with Crippen LogP contribution in [0.25, 0.3) is 0 Å². The normalized spacial score (nSPS) is 24.3. The summed E-state index contributed by atoms with van der Waals surface area (Å²) in [5, 5.41) is 13.2. The van der Waals surface area contributed by atoms with Crippen LogP contribution in [0.2, 0.25) is 0 Å². The SMILES string of the molecule is COC(=O)C(CC(C)C)NP(=O)(OC[C@H]1O[C@@H](n2ccc(=O)[nH]c2=O)[C@H](O)[C@@H]1N)Oc1ccccc1. The van der Waals surface area contributed by atoms with Crippen molar-refractivity contribution in [3.8, 4) is 5.75 Å². The van der Waals surface area contributed by atoms with Crippen molar-refractivity contribution in [3.05, 3.63) is 63.4 Å². The highest BCUT2D eigenvalue weighted by Gasteiger charge is 2.45. The maximum absolute atomic E-state index is 13.8. The smallest absolute Gasteiger partial charge is 0.459 e. The Balaban J connectivity index is 1.80. The van der Waals surface area contributed by atoms with Crippen LogP contribution in [0.1, 0.15) is 26.5 Å². The van der Waals surface area contributed by atoms with Gasteiger partial charge in [-0.2, -0.15) is 5.09 Å². The number of benzene rings is 1. The molecule has 2 unspecified atom stereocenters. The van der Waals surface area contributed by atoms with Gasteiger partial charge in [-0.05, 0) is 24.5 Å². The van der Waals surface area contributed by atoms with E-state index in [9.17, 15) is 24.1 Å². The van der Waals surface area contributed by atoms with Gasteiger partial charge in [0, 0.05) is 12.3 Å². The number of nitrogens with zero attached hydrogens (tertiary/aromatic N) is 1. The Morgan fingerprint density at radius 3 is 2.58 bits per heavy atom. The lowest BCUT2D eigenvalue weighted by Gasteiger charge is -2.26. The molecule has 0 amide bonds. The first-order chi connectivity index (χ1) is 17.0. The Morgan fingerprint density at radius 2 is 1.97 bits per heavy atom. The summed E-state index contributed by atoms with van der Waals surface area (Å²) in [6.45, 7) is 3.35. The van der Waals surface area contributed by atoms with Crippen molar-refractivity contribution in [3.63, 3.8) is 0 Å². The molecule has 3 rings (SSSR count). The van der Waals surface area contributed by atoms with Gasteiger partial charge in [-0.25, -0.2) is 9.36 Å². The number of nitrogens with one attached hydrogen (secondary N) is 2. The van der Waals surface area contributed by atoms with Crippen LogP contribution in [-0.4, -0.2) is 58.6 Å². The van der Waals surface area contributed by atoms with Gasteiger partial charge in [-0.1, -0.05) is 32.0 Å². The molecule has 0 bridgehead atoms. The number of rotatable bonds is 11. The van der Waals surface area contributed by atoms with Crippen LogP contribution in [0.15, 0.2) is 52.2 Å². The van der Waals surface area contributed by atoms with Crippen LogP contribution < -0.4 is 26.6 Å². The molecule has 0 aliphatic carbocycles. The number of aliphatic hydroxyl groups excluding tert-OH is 1. The van der Waals surface area contributed by atoms with E-state index in [2.05, 4.69) is 10.1 Å². The van der Waals surface area contributed by atoms with Crippen LogP contribution in [0.3, 0.4) is 0 Å². The van der Waals surface area contributed by atoms with E-state index in [0.29, 0.717) is 0 Å². The Labute approximate surface area is 207 Å². The number of aromatic nitrogens is 2. The largest absolute Gasteiger partial charge is 0.468 e. The second-order valence-corrected chi connectivity index (χ2v) is 10.4. The fourth-order valence-electron chi connectivity index (χ4n) is 3.66. The second-order valence-electron chi connectivity index (χ2n) is 8.68. The van der Waals surface area contributed by atoms with Gasteiger partial charge in [-0.15, -0.1) is 0 Å². The molecule has 1 aromatic carbocycles. The van der Waals surface area contributed by atoms with Gasteiger partial charge in [0.2, 0.25) is 0 Å². The van der Waals surface area contributed by atoms with Gasteiger partial charge in [0.25, 0.3) is 5.56 Å². The number of aliphatic hydroxyl groups is 1. The van der Waals surface area contributed by atoms with E-state index in [4.69, 9.17) is 24.3 Å². The molecule has 6 atom stereocenters. The number of carbonyl (C=O) groups is 1. The monoisotopic (exact) mass is 526 g/mol. The fraction of sp³-hybridized carbons (Fsp3) is 0.500. The number of ether oxygens (including phenoxy) is 2. The van der Waals surface area contributed by atoms with E-state index >= 15 is 0 Å². The molecule has 13 nitrogen and oxygen atoms in total. The summed E-state index contributed by atoms with van der Waals surface area (Å²) in [6, 6.07) is 7.27. The van der Waals surface area contributed by atoms with E-state index in [1.165, 1.54) is 13.3 Å². The van der Waals surface area contributed by atoms with Crippen LogP contribution in [0.4, 0.5) is 0 Å². The highest BCUT2D eigenvalue weighted by molar-refractivity contribution is 7.52. The van der Waals surface area contributed by atoms with E-state index in [1.54, 1.807) is 30.3 Å². The molecule has 198 valence electrons. The quantitative estimate of drug-likeness (QED) is 0.236. The number of aromatic amines is 1. The molecule has 0 spiro atoms. The number of hydrogen-bond acceptors (Lipinski definition) is 10. The van der Waals surface area contributed by atoms with E-state index < -0.39 is 62.1 Å². The molecular formula is C22H31N4O9P. The summed E-state index contributed by atoms with van der Waals surface area (Å²) >= 11 is 0. The van der Waals surface area contributed by atoms with Crippen LogP contribution in [-0.2, 0) is 23.4 Å². The Bertz CT molecular complexity index is 1190. The number of nitrogens with two attached hydrogens (primary N) is 1. The molecule has 1 aromatic heterocycles. The van der Waals surface area contributed by atoms with Crippen molar-refractivity contribution in [2.24, 2.45) is 11.7 Å². The first-order valence-electron chi connectivity index (χ1n) is 11.3. The highest BCUT2D eigenvalue weighted by atomic mass is 31.2. The molecule has 1 aliphatic rings. The summed E-state index contributed by atoms with van der Waals surface area (Å²) in [7, 11) is -3.00. The number of hydrogen-bond donors (Lipinski definition) is 4. The van der Waals surface area contributed by atoms with E-state index in [1.807, 2.05) is 13.8 Å². The third kappa shape index (κ3) is 6.90. The van der Waals surface area contributed by atoms with Crippen molar-refractivity contribution in [1.29, 1.82) is 0 Å². The Kier molecular flexibility index (Phi) is 9.23. The highest BCUT2D eigenvalue weighted by Crippen LogP contribution is 2.46. The summed E-state index contributed by atoms with van der Waals surface area (Å²) < 4.78 is 36.6. The molecular weight excluding hydrogens is 495 g/mol. The van der Waals surface area contributed by atoms with Crippen molar-refractivity contribution >= 4 is 13.7 Å². The predicted octanol–water partition coefficient (Wildman–Crippen LogP) is 0.503. The van der Waals surface area contributed by atoms with Gasteiger partial charge in [0.1, 0.15) is 24.0 Å². The molecule has 1 saturated heterocycles. The summed E-state index contributed by atoms with van der Waals surface area (Å²) in [5.41, 5.74) is 4.67. The number of esters is 1. The summed E-state index contributed by atoms with van der Waals surface area (Å²) in [6.07, 6.45) is -2.12. The minimum atomic E-state index is -4.21. The minimum absolute atomic E-state index is 0.0462. The molecule has 5 N–H and O–H groups in total. The number of carbonyl (C=O) groups excluding carboxylic acids is 1. The van der Waals surface area contributed by atoms with Gasteiger partial charge in [0.05, 0.1) is 19.8 Å². The average molecular weight is 526 g/mol. The number of para-hydroxylation sites is 1. The Morgan fingerprint density at radius 1 is 1.28 bits per heavy atom. The van der Waals surface area contributed by atoms with Gasteiger partial charge in [0.15, 0.2) is 6.23 Å². The van der Waals surface area contributed by atoms with Crippen LogP contribution in [0.5, 0.6) is 5.75 Å². The topological polar surface area (TPSA) is 184 Å². The molecule has 36 heavy (non-hydrogen) atoms.